The average molecular weight is 316 g/mol. The van der Waals surface area contributed by atoms with Crippen LogP contribution in [-0.2, 0) is 0 Å². The van der Waals surface area contributed by atoms with Crippen LogP contribution in [0.25, 0.3) is 0 Å². The number of hydrogen-bond acceptors (Lipinski definition) is 0. The van der Waals surface area contributed by atoms with Crippen molar-refractivity contribution < 1.29 is 52.7 Å². The predicted octanol–water partition coefficient (Wildman–Crippen LogP) is 4.80. The topological polar surface area (TPSA) is 0 Å². The summed E-state index contributed by atoms with van der Waals surface area (Å²) in [4.78, 5) is 0. The zero-order valence-electron chi connectivity index (χ0n) is 8.45. The van der Waals surface area contributed by atoms with Gasteiger partial charge in [0.2, 0.25) is 0 Å². The van der Waals surface area contributed by atoms with Crippen molar-refractivity contribution in [2.24, 2.45) is 0 Å². The minimum Gasteiger partial charge on any atom is -0.200 e. The lowest BCUT2D eigenvalue weighted by Gasteiger charge is -2.33. The molecule has 0 radical (unpaired) electrons. The Morgan fingerprint density at radius 3 is 1.11 bits per heavy atom. The van der Waals surface area contributed by atoms with Gasteiger partial charge in [0.25, 0.3) is 0 Å². The first-order valence-electron chi connectivity index (χ1n) is 4.22. The van der Waals surface area contributed by atoms with Gasteiger partial charge < -0.3 is 0 Å². The second kappa shape index (κ2) is 4.62. The van der Waals surface area contributed by atoms with Gasteiger partial charge in [-0.1, -0.05) is 0 Å². The standard InChI is InChI=1S/C7H4F12/c8-3(9,1-2-4(10,11)12)5(13,14)6(15,16)7(17,18)19/h1-2H2. The first kappa shape index (κ1) is 18.2. The highest BCUT2D eigenvalue weighted by Gasteiger charge is 2.81. The third-order valence-electron chi connectivity index (χ3n) is 1.93. The van der Waals surface area contributed by atoms with Crippen molar-refractivity contribution in [1.82, 2.24) is 0 Å². The van der Waals surface area contributed by atoms with E-state index in [2.05, 4.69) is 0 Å². The van der Waals surface area contributed by atoms with Gasteiger partial charge in [-0.05, 0) is 0 Å². The van der Waals surface area contributed by atoms with E-state index in [9.17, 15) is 52.7 Å². The van der Waals surface area contributed by atoms with Crippen LogP contribution in [0.3, 0.4) is 0 Å². The molecule has 0 aromatic carbocycles. The zero-order chi connectivity index (χ0) is 15.9. The molecule has 12 heteroatoms. The molecular weight excluding hydrogens is 312 g/mol. The normalized spacial score (nSPS) is 15.8. The Hall–Kier alpha value is -0.840. The van der Waals surface area contributed by atoms with Crippen LogP contribution in [0.15, 0.2) is 0 Å². The van der Waals surface area contributed by atoms with Crippen LogP contribution in [0.1, 0.15) is 12.8 Å². The average Bonchev–Trinajstić information content (AvgIpc) is 2.11. The Balaban J connectivity index is 5.28. The number of rotatable bonds is 4. The third-order valence-corrected chi connectivity index (χ3v) is 1.93. The van der Waals surface area contributed by atoms with Crippen LogP contribution in [0.4, 0.5) is 52.7 Å². The molecule has 0 unspecified atom stereocenters. The molecule has 0 bridgehead atoms. The van der Waals surface area contributed by atoms with Gasteiger partial charge in [-0.15, -0.1) is 0 Å². The molecule has 0 nitrogen and oxygen atoms in total. The maximum absolute atomic E-state index is 12.5. The fourth-order valence-corrected chi connectivity index (χ4v) is 0.863. The fourth-order valence-electron chi connectivity index (χ4n) is 0.863. The number of alkyl halides is 12. The molecule has 0 amide bonds. The highest BCUT2D eigenvalue weighted by molar-refractivity contribution is 5.00. The van der Waals surface area contributed by atoms with Crippen molar-refractivity contribution in [2.75, 3.05) is 0 Å². The van der Waals surface area contributed by atoms with Crippen molar-refractivity contribution in [1.29, 1.82) is 0 Å². The highest BCUT2D eigenvalue weighted by Crippen LogP contribution is 2.54. The summed E-state index contributed by atoms with van der Waals surface area (Å²) in [6, 6.07) is 0. The van der Waals surface area contributed by atoms with Gasteiger partial charge in [0.1, 0.15) is 0 Å². The molecule has 0 fully saturated rings. The molecule has 0 aromatic heterocycles. The van der Waals surface area contributed by atoms with Crippen molar-refractivity contribution >= 4 is 0 Å². The summed E-state index contributed by atoms with van der Waals surface area (Å²) in [5.74, 6) is -20.3. The first-order chi connectivity index (χ1) is 7.96. The van der Waals surface area contributed by atoms with E-state index in [0.717, 1.165) is 0 Å². The molecule has 0 aliphatic rings. The van der Waals surface area contributed by atoms with E-state index in [1.807, 2.05) is 0 Å². The van der Waals surface area contributed by atoms with E-state index in [0.29, 0.717) is 0 Å². The summed E-state index contributed by atoms with van der Waals surface area (Å²) in [6.07, 6.45) is -18.0. The third kappa shape index (κ3) is 3.59. The molecule has 19 heavy (non-hydrogen) atoms. The van der Waals surface area contributed by atoms with Crippen molar-refractivity contribution in [2.45, 2.75) is 43.0 Å². The molecule has 0 aromatic rings. The first-order valence-corrected chi connectivity index (χ1v) is 4.22. The molecule has 0 rings (SSSR count). The van der Waals surface area contributed by atoms with Crippen molar-refractivity contribution in [3.05, 3.63) is 0 Å². The molecule has 0 aliphatic heterocycles. The van der Waals surface area contributed by atoms with E-state index in [4.69, 9.17) is 0 Å². The largest absolute Gasteiger partial charge is 0.460 e. The van der Waals surface area contributed by atoms with Gasteiger partial charge >= 0.3 is 30.1 Å². The summed E-state index contributed by atoms with van der Waals surface area (Å²) < 4.78 is 144. The summed E-state index contributed by atoms with van der Waals surface area (Å²) in [6.45, 7) is 0. The van der Waals surface area contributed by atoms with E-state index in [1.165, 1.54) is 0 Å². The lowest BCUT2D eigenvalue weighted by atomic mass is 9.99. The predicted molar refractivity (Wildman–Crippen MR) is 36.2 cm³/mol. The van der Waals surface area contributed by atoms with Gasteiger partial charge in [0.15, 0.2) is 0 Å². The van der Waals surface area contributed by atoms with Gasteiger partial charge in [0, 0.05) is 12.8 Å². The van der Waals surface area contributed by atoms with Crippen molar-refractivity contribution in [3.8, 4) is 0 Å². The SMILES string of the molecule is FC(F)(F)CCC(F)(F)C(F)(F)C(F)(F)C(F)(F)F. The summed E-state index contributed by atoms with van der Waals surface area (Å²) in [7, 11) is 0. The Kier molecular flexibility index (Phi) is 4.41. The van der Waals surface area contributed by atoms with E-state index < -0.39 is 43.0 Å². The summed E-state index contributed by atoms with van der Waals surface area (Å²) in [5, 5.41) is 0. The van der Waals surface area contributed by atoms with Gasteiger partial charge in [0.05, 0.1) is 0 Å². The van der Waals surface area contributed by atoms with E-state index >= 15 is 0 Å². The van der Waals surface area contributed by atoms with Crippen LogP contribution >= 0.6 is 0 Å². The van der Waals surface area contributed by atoms with Crippen LogP contribution < -0.4 is 0 Å². The number of hydrogen-bond donors (Lipinski definition) is 0. The van der Waals surface area contributed by atoms with Gasteiger partial charge in [-0.2, -0.15) is 52.7 Å². The van der Waals surface area contributed by atoms with Gasteiger partial charge in [-0.3, -0.25) is 0 Å². The van der Waals surface area contributed by atoms with E-state index in [1.54, 1.807) is 0 Å². The second-order valence-electron chi connectivity index (χ2n) is 3.47. The molecule has 0 aliphatic carbocycles. The lowest BCUT2D eigenvalue weighted by molar-refractivity contribution is -0.397. The molecule has 0 N–H and O–H groups in total. The lowest BCUT2D eigenvalue weighted by Crippen LogP contribution is -2.60. The second-order valence-corrected chi connectivity index (χ2v) is 3.47. The minimum absolute atomic E-state index is 2.64. The van der Waals surface area contributed by atoms with Crippen LogP contribution in [0.2, 0.25) is 0 Å². The quantitative estimate of drug-likeness (QED) is 0.654. The maximum atomic E-state index is 12.5. The number of halogens is 12. The molecule has 0 heterocycles. The summed E-state index contributed by atoms with van der Waals surface area (Å²) >= 11 is 0. The Labute approximate surface area is 96.9 Å². The molecular formula is C7H4F12. The van der Waals surface area contributed by atoms with Gasteiger partial charge in [-0.25, -0.2) is 0 Å². The highest BCUT2D eigenvalue weighted by atomic mass is 19.4. The molecule has 0 atom stereocenters. The van der Waals surface area contributed by atoms with E-state index in [-0.39, 0.29) is 0 Å². The smallest absolute Gasteiger partial charge is 0.200 e. The molecule has 116 valence electrons. The fraction of sp³-hybridized carbons (Fsp3) is 1.00. The molecule has 0 saturated heterocycles. The molecule has 0 saturated carbocycles. The van der Waals surface area contributed by atoms with Crippen LogP contribution in [-0.4, -0.2) is 30.1 Å². The maximum Gasteiger partial charge on any atom is 0.460 e. The monoisotopic (exact) mass is 316 g/mol. The van der Waals surface area contributed by atoms with Crippen LogP contribution in [0.5, 0.6) is 0 Å². The van der Waals surface area contributed by atoms with Crippen LogP contribution in [0, 0.1) is 0 Å². The van der Waals surface area contributed by atoms with Crippen molar-refractivity contribution in [3.63, 3.8) is 0 Å². The minimum atomic E-state index is -7.16. The Morgan fingerprint density at radius 2 is 0.842 bits per heavy atom. The zero-order valence-corrected chi connectivity index (χ0v) is 8.45. The Morgan fingerprint density at radius 1 is 0.474 bits per heavy atom. The Bertz CT molecular complexity index is 307. The summed E-state index contributed by atoms with van der Waals surface area (Å²) in [5.41, 5.74) is 0. The molecule has 0 spiro atoms.